The summed E-state index contributed by atoms with van der Waals surface area (Å²) in [5.41, 5.74) is 3.26. The van der Waals surface area contributed by atoms with Crippen LogP contribution in [0, 0.1) is 6.92 Å². The summed E-state index contributed by atoms with van der Waals surface area (Å²) >= 11 is 0. The number of aryl methyl sites for hydroxylation is 1. The molecule has 0 aliphatic carbocycles. The second-order valence-corrected chi connectivity index (χ2v) is 6.65. The van der Waals surface area contributed by atoms with E-state index in [0.29, 0.717) is 11.3 Å². The van der Waals surface area contributed by atoms with Gasteiger partial charge in [-0.2, -0.15) is 5.10 Å². The smallest absolute Gasteiger partial charge is 0.258 e. The Hall–Kier alpha value is -2.89. The maximum absolute atomic E-state index is 13.2. The highest BCUT2D eigenvalue weighted by atomic mass is 16.5. The normalized spacial score (nSPS) is 17.5. The number of para-hydroxylation sites is 1. The van der Waals surface area contributed by atoms with Gasteiger partial charge in [-0.3, -0.25) is 4.79 Å². The molecule has 1 saturated heterocycles. The van der Waals surface area contributed by atoms with Gasteiger partial charge in [-0.05, 0) is 44.4 Å². The number of piperidine rings is 1. The van der Waals surface area contributed by atoms with Crippen molar-refractivity contribution in [1.82, 2.24) is 19.5 Å². The summed E-state index contributed by atoms with van der Waals surface area (Å²) < 4.78 is 7.16. The molecule has 26 heavy (non-hydrogen) atoms. The number of likely N-dealkylation sites (tertiary alicyclic amines) is 1. The summed E-state index contributed by atoms with van der Waals surface area (Å²) in [6.45, 7) is 2.68. The van der Waals surface area contributed by atoms with Crippen LogP contribution in [0.25, 0.3) is 5.65 Å². The van der Waals surface area contributed by atoms with E-state index in [-0.39, 0.29) is 11.9 Å². The van der Waals surface area contributed by atoms with Crippen molar-refractivity contribution in [2.75, 3.05) is 13.7 Å². The molecule has 0 unspecified atom stereocenters. The number of nitrogens with zero attached hydrogens (tertiary/aromatic N) is 4. The molecular weight excluding hydrogens is 328 g/mol. The Morgan fingerprint density at radius 3 is 2.92 bits per heavy atom. The molecule has 0 spiro atoms. The summed E-state index contributed by atoms with van der Waals surface area (Å²) in [5.74, 6) is 0.607. The van der Waals surface area contributed by atoms with Crippen molar-refractivity contribution in [2.45, 2.75) is 32.2 Å². The molecular formula is C20H22N4O2. The van der Waals surface area contributed by atoms with E-state index >= 15 is 0 Å². The fraction of sp³-hybridized carbons (Fsp3) is 0.350. The van der Waals surface area contributed by atoms with Gasteiger partial charge in [-0.15, -0.1) is 0 Å². The molecule has 4 rings (SSSR count). The first-order valence-electron chi connectivity index (χ1n) is 8.94. The summed E-state index contributed by atoms with van der Waals surface area (Å²) in [6, 6.07) is 11.3. The Morgan fingerprint density at radius 2 is 2.08 bits per heavy atom. The molecule has 1 aliphatic heterocycles. The number of amides is 1. The molecule has 0 saturated carbocycles. The van der Waals surface area contributed by atoms with Crippen molar-refractivity contribution < 1.29 is 9.53 Å². The van der Waals surface area contributed by atoms with E-state index in [2.05, 4.69) is 5.10 Å². The zero-order chi connectivity index (χ0) is 18.1. The van der Waals surface area contributed by atoms with Gasteiger partial charge in [0.25, 0.3) is 5.91 Å². The molecule has 0 N–H and O–H groups in total. The van der Waals surface area contributed by atoms with Crippen LogP contribution in [0.15, 0.2) is 42.6 Å². The molecule has 1 atom stereocenters. The van der Waals surface area contributed by atoms with E-state index < -0.39 is 0 Å². The molecule has 6 heteroatoms. The minimum atomic E-state index is -0.0265. The number of hydrogen-bond acceptors (Lipinski definition) is 4. The van der Waals surface area contributed by atoms with Gasteiger partial charge < -0.3 is 9.64 Å². The highest BCUT2D eigenvalue weighted by molar-refractivity contribution is 5.97. The lowest BCUT2D eigenvalue weighted by molar-refractivity contribution is 0.0603. The Labute approximate surface area is 152 Å². The van der Waals surface area contributed by atoms with Gasteiger partial charge in [0.05, 0.1) is 30.1 Å². The van der Waals surface area contributed by atoms with Crippen LogP contribution in [0.3, 0.4) is 0 Å². The van der Waals surface area contributed by atoms with Crippen LogP contribution in [-0.4, -0.2) is 39.1 Å². The predicted molar refractivity (Wildman–Crippen MR) is 98.3 cm³/mol. The second kappa shape index (κ2) is 6.78. The number of aromatic nitrogens is 3. The third kappa shape index (κ3) is 2.92. The number of benzene rings is 1. The van der Waals surface area contributed by atoms with Crippen molar-refractivity contribution in [3.63, 3.8) is 0 Å². The highest BCUT2D eigenvalue weighted by Crippen LogP contribution is 2.33. The number of methoxy groups -OCH3 is 1. The number of carbonyl (C=O) groups is 1. The van der Waals surface area contributed by atoms with Crippen LogP contribution in [0.2, 0.25) is 0 Å². The third-order valence-electron chi connectivity index (χ3n) is 4.91. The Kier molecular flexibility index (Phi) is 4.32. The van der Waals surface area contributed by atoms with Crippen LogP contribution in [-0.2, 0) is 0 Å². The van der Waals surface area contributed by atoms with Gasteiger partial charge in [0.2, 0.25) is 0 Å². The van der Waals surface area contributed by atoms with Crippen molar-refractivity contribution in [3.8, 4) is 5.75 Å². The van der Waals surface area contributed by atoms with Gasteiger partial charge >= 0.3 is 0 Å². The zero-order valence-corrected chi connectivity index (χ0v) is 15.1. The lowest BCUT2D eigenvalue weighted by atomic mass is 9.97. The maximum Gasteiger partial charge on any atom is 0.258 e. The molecule has 1 aromatic carbocycles. The summed E-state index contributed by atoms with van der Waals surface area (Å²) in [7, 11) is 1.59. The largest absolute Gasteiger partial charge is 0.496 e. The molecule has 1 amide bonds. The summed E-state index contributed by atoms with van der Waals surface area (Å²) in [5, 5.41) is 4.38. The number of hydrogen-bond donors (Lipinski definition) is 0. The monoisotopic (exact) mass is 350 g/mol. The van der Waals surface area contributed by atoms with Crippen LogP contribution >= 0.6 is 0 Å². The van der Waals surface area contributed by atoms with Gasteiger partial charge in [0, 0.05) is 18.8 Å². The van der Waals surface area contributed by atoms with Crippen molar-refractivity contribution in [1.29, 1.82) is 0 Å². The standard InChI is InChI=1S/C20H22N4O2/c1-14-13-19-21-16(10-12-24(19)22-14)17-8-5-6-11-23(17)20(25)15-7-3-4-9-18(15)26-2/h3-4,7,9-10,12-13,17H,5-6,8,11H2,1-2H3/t17-/m0/s1. The summed E-state index contributed by atoms with van der Waals surface area (Å²) in [4.78, 5) is 19.9. The molecule has 134 valence electrons. The average Bonchev–Trinajstić information content (AvgIpc) is 3.06. The predicted octanol–water partition coefficient (Wildman–Crippen LogP) is 3.41. The van der Waals surface area contributed by atoms with Crippen molar-refractivity contribution >= 4 is 11.6 Å². The number of fused-ring (bicyclic) bond motifs is 1. The fourth-order valence-electron chi connectivity index (χ4n) is 3.66. The molecule has 1 fully saturated rings. The molecule has 6 nitrogen and oxygen atoms in total. The molecule has 1 aliphatic rings. The third-order valence-corrected chi connectivity index (χ3v) is 4.91. The van der Waals surface area contributed by atoms with Crippen LogP contribution < -0.4 is 4.74 Å². The van der Waals surface area contributed by atoms with E-state index in [1.807, 2.05) is 54.4 Å². The van der Waals surface area contributed by atoms with E-state index in [1.165, 1.54) is 0 Å². The molecule has 0 bridgehead atoms. The van der Waals surface area contributed by atoms with Gasteiger partial charge in [0.1, 0.15) is 5.75 Å². The number of rotatable bonds is 3. The minimum absolute atomic E-state index is 0.00138. The van der Waals surface area contributed by atoms with Crippen LogP contribution in [0.5, 0.6) is 5.75 Å². The van der Waals surface area contributed by atoms with E-state index in [4.69, 9.17) is 9.72 Å². The quantitative estimate of drug-likeness (QED) is 0.726. The molecule has 2 aromatic heterocycles. The fourth-order valence-corrected chi connectivity index (χ4v) is 3.66. The van der Waals surface area contributed by atoms with E-state index in [9.17, 15) is 4.79 Å². The van der Waals surface area contributed by atoms with E-state index in [0.717, 1.165) is 42.8 Å². The Bertz CT molecular complexity index is 950. The zero-order valence-electron chi connectivity index (χ0n) is 15.1. The summed E-state index contributed by atoms with van der Waals surface area (Å²) in [6.07, 6.45) is 4.93. The highest BCUT2D eigenvalue weighted by Gasteiger charge is 2.31. The van der Waals surface area contributed by atoms with Gasteiger partial charge in [0.15, 0.2) is 5.65 Å². The Morgan fingerprint density at radius 1 is 1.23 bits per heavy atom. The molecule has 0 radical (unpaired) electrons. The lowest BCUT2D eigenvalue weighted by Gasteiger charge is -2.35. The maximum atomic E-state index is 13.2. The molecule has 3 aromatic rings. The number of ether oxygens (including phenoxy) is 1. The first-order chi connectivity index (χ1) is 12.7. The SMILES string of the molecule is COc1ccccc1C(=O)N1CCCC[C@H]1c1ccn2nc(C)cc2n1. The van der Waals surface area contributed by atoms with E-state index in [1.54, 1.807) is 11.6 Å². The minimum Gasteiger partial charge on any atom is -0.496 e. The first-order valence-corrected chi connectivity index (χ1v) is 8.94. The van der Waals surface area contributed by atoms with Gasteiger partial charge in [-0.1, -0.05) is 12.1 Å². The number of carbonyl (C=O) groups excluding carboxylic acids is 1. The molecule has 3 heterocycles. The first kappa shape index (κ1) is 16.6. The van der Waals surface area contributed by atoms with Crippen LogP contribution in [0.4, 0.5) is 0 Å². The lowest BCUT2D eigenvalue weighted by Crippen LogP contribution is -2.39. The topological polar surface area (TPSA) is 59.7 Å². The van der Waals surface area contributed by atoms with Crippen LogP contribution in [0.1, 0.15) is 47.1 Å². The Balaban J connectivity index is 1.70. The van der Waals surface area contributed by atoms with Crippen molar-refractivity contribution in [3.05, 3.63) is 59.5 Å². The van der Waals surface area contributed by atoms with Crippen molar-refractivity contribution in [2.24, 2.45) is 0 Å². The average molecular weight is 350 g/mol. The van der Waals surface area contributed by atoms with Gasteiger partial charge in [-0.25, -0.2) is 9.50 Å². The second-order valence-electron chi connectivity index (χ2n) is 6.65.